The standard InChI is InChI=1S/C12H7ClF3N3O2/c13-8-2-1-6(3-7(8)12(14,15)16)19-11(21)9-4-18-10(20)5-17-9/h1-5H,(H,18,20)(H,19,21). The minimum absolute atomic E-state index is 0.0928. The minimum Gasteiger partial charge on any atom is -0.325 e. The van der Waals surface area contributed by atoms with E-state index in [1.54, 1.807) is 0 Å². The number of benzene rings is 1. The summed E-state index contributed by atoms with van der Waals surface area (Å²) in [6.45, 7) is 0. The smallest absolute Gasteiger partial charge is 0.325 e. The van der Waals surface area contributed by atoms with Crippen LogP contribution in [0.25, 0.3) is 0 Å². The number of H-pyrrole nitrogens is 1. The van der Waals surface area contributed by atoms with E-state index >= 15 is 0 Å². The summed E-state index contributed by atoms with van der Waals surface area (Å²) in [5.41, 5.74) is -1.79. The fourth-order valence-corrected chi connectivity index (χ4v) is 1.71. The van der Waals surface area contributed by atoms with E-state index in [1.807, 2.05) is 0 Å². The van der Waals surface area contributed by atoms with Crippen LogP contribution in [0.1, 0.15) is 16.1 Å². The lowest BCUT2D eigenvalue weighted by Crippen LogP contribution is -2.17. The Kier molecular flexibility index (Phi) is 3.99. The number of anilines is 1. The lowest BCUT2D eigenvalue weighted by molar-refractivity contribution is -0.137. The second-order valence-electron chi connectivity index (χ2n) is 3.94. The third-order valence-corrected chi connectivity index (χ3v) is 2.76. The quantitative estimate of drug-likeness (QED) is 0.894. The highest BCUT2D eigenvalue weighted by Gasteiger charge is 2.33. The van der Waals surface area contributed by atoms with Crippen molar-refractivity contribution in [2.75, 3.05) is 5.32 Å². The van der Waals surface area contributed by atoms with E-state index < -0.39 is 28.2 Å². The number of carbonyl (C=O) groups excluding carboxylic acids is 1. The lowest BCUT2D eigenvalue weighted by atomic mass is 10.2. The number of aromatic amines is 1. The van der Waals surface area contributed by atoms with Gasteiger partial charge in [0.2, 0.25) is 0 Å². The molecule has 0 bridgehead atoms. The topological polar surface area (TPSA) is 74.8 Å². The number of halogens is 4. The summed E-state index contributed by atoms with van der Waals surface area (Å²) >= 11 is 5.47. The number of rotatable bonds is 2. The molecule has 110 valence electrons. The highest BCUT2D eigenvalue weighted by Crippen LogP contribution is 2.36. The molecule has 0 aliphatic heterocycles. The zero-order valence-corrected chi connectivity index (χ0v) is 10.9. The Morgan fingerprint density at radius 2 is 2.05 bits per heavy atom. The number of nitrogens with zero attached hydrogens (tertiary/aromatic N) is 1. The molecule has 2 rings (SSSR count). The van der Waals surface area contributed by atoms with Crippen LogP contribution in [-0.2, 0) is 6.18 Å². The summed E-state index contributed by atoms with van der Waals surface area (Å²) < 4.78 is 38.1. The lowest BCUT2D eigenvalue weighted by Gasteiger charge is -2.11. The molecule has 1 amide bonds. The van der Waals surface area contributed by atoms with Gasteiger partial charge in [0.05, 0.1) is 16.8 Å². The Morgan fingerprint density at radius 1 is 1.33 bits per heavy atom. The van der Waals surface area contributed by atoms with Crippen LogP contribution in [0.15, 0.2) is 35.4 Å². The van der Waals surface area contributed by atoms with Gasteiger partial charge in [-0.1, -0.05) is 11.6 Å². The van der Waals surface area contributed by atoms with Crippen molar-refractivity contribution in [3.63, 3.8) is 0 Å². The van der Waals surface area contributed by atoms with E-state index in [4.69, 9.17) is 11.6 Å². The predicted molar refractivity (Wildman–Crippen MR) is 69.3 cm³/mol. The average Bonchev–Trinajstić information content (AvgIpc) is 2.40. The van der Waals surface area contributed by atoms with Gasteiger partial charge in [-0.15, -0.1) is 0 Å². The highest BCUT2D eigenvalue weighted by molar-refractivity contribution is 6.31. The van der Waals surface area contributed by atoms with E-state index in [0.29, 0.717) is 6.07 Å². The first-order valence-electron chi connectivity index (χ1n) is 5.50. The van der Waals surface area contributed by atoms with Gasteiger partial charge in [-0.25, -0.2) is 4.98 Å². The van der Waals surface area contributed by atoms with Crippen LogP contribution in [-0.4, -0.2) is 15.9 Å². The molecule has 1 aromatic heterocycles. The molecule has 0 radical (unpaired) electrons. The first-order valence-corrected chi connectivity index (χ1v) is 5.88. The SMILES string of the molecule is O=C(Nc1ccc(Cl)c(C(F)(F)F)c1)c1c[nH]c(=O)cn1. The van der Waals surface area contributed by atoms with Gasteiger partial charge in [-0.05, 0) is 18.2 Å². The maximum absolute atomic E-state index is 12.7. The Labute approximate surface area is 120 Å². The Bertz CT molecular complexity index is 723. The fourth-order valence-electron chi connectivity index (χ4n) is 1.48. The van der Waals surface area contributed by atoms with E-state index in [0.717, 1.165) is 18.5 Å². The van der Waals surface area contributed by atoms with E-state index in [9.17, 15) is 22.8 Å². The molecular formula is C12H7ClF3N3O2. The van der Waals surface area contributed by atoms with Crippen molar-refractivity contribution in [2.24, 2.45) is 0 Å². The maximum atomic E-state index is 12.7. The summed E-state index contributed by atoms with van der Waals surface area (Å²) in [4.78, 5) is 28.4. The molecule has 0 saturated heterocycles. The largest absolute Gasteiger partial charge is 0.417 e. The van der Waals surface area contributed by atoms with Gasteiger partial charge in [0.15, 0.2) is 0 Å². The van der Waals surface area contributed by atoms with Crippen LogP contribution < -0.4 is 10.9 Å². The summed E-state index contributed by atoms with van der Waals surface area (Å²) in [5.74, 6) is -0.762. The third kappa shape index (κ3) is 3.60. The summed E-state index contributed by atoms with van der Waals surface area (Å²) in [6, 6.07) is 2.97. The van der Waals surface area contributed by atoms with Gasteiger partial charge in [-0.2, -0.15) is 13.2 Å². The van der Waals surface area contributed by atoms with Crippen molar-refractivity contribution in [3.8, 4) is 0 Å². The molecule has 21 heavy (non-hydrogen) atoms. The van der Waals surface area contributed by atoms with Crippen molar-refractivity contribution < 1.29 is 18.0 Å². The Hall–Kier alpha value is -2.35. The number of nitrogens with one attached hydrogen (secondary N) is 2. The van der Waals surface area contributed by atoms with Crippen LogP contribution in [0.4, 0.5) is 18.9 Å². The third-order valence-electron chi connectivity index (χ3n) is 2.43. The molecular weight excluding hydrogens is 311 g/mol. The summed E-state index contributed by atoms with van der Waals surface area (Å²) in [7, 11) is 0. The first-order chi connectivity index (χ1) is 9.77. The number of hydrogen-bond acceptors (Lipinski definition) is 3. The van der Waals surface area contributed by atoms with Gasteiger partial charge in [-0.3, -0.25) is 9.59 Å². The molecule has 2 aromatic rings. The van der Waals surface area contributed by atoms with Crippen LogP contribution in [0.3, 0.4) is 0 Å². The van der Waals surface area contributed by atoms with E-state index in [2.05, 4.69) is 15.3 Å². The number of hydrogen-bond donors (Lipinski definition) is 2. The minimum atomic E-state index is -4.63. The van der Waals surface area contributed by atoms with Gasteiger partial charge in [0.1, 0.15) is 5.69 Å². The molecule has 0 aliphatic rings. The van der Waals surface area contributed by atoms with Gasteiger partial charge in [0.25, 0.3) is 11.5 Å². The Morgan fingerprint density at radius 3 is 2.62 bits per heavy atom. The molecule has 1 aromatic carbocycles. The van der Waals surface area contributed by atoms with Gasteiger partial charge >= 0.3 is 6.18 Å². The predicted octanol–water partition coefficient (Wildman–Crippen LogP) is 2.69. The summed E-state index contributed by atoms with van der Waals surface area (Å²) in [5, 5.41) is 1.77. The highest BCUT2D eigenvalue weighted by atomic mass is 35.5. The van der Waals surface area contributed by atoms with Crippen molar-refractivity contribution in [1.29, 1.82) is 0 Å². The molecule has 1 heterocycles. The van der Waals surface area contributed by atoms with Crippen LogP contribution in [0.2, 0.25) is 5.02 Å². The van der Waals surface area contributed by atoms with Gasteiger partial charge in [0, 0.05) is 11.9 Å². The maximum Gasteiger partial charge on any atom is 0.417 e. The van der Waals surface area contributed by atoms with E-state index in [1.165, 1.54) is 6.07 Å². The molecule has 0 saturated carbocycles. The van der Waals surface area contributed by atoms with Gasteiger partial charge < -0.3 is 10.3 Å². The number of aromatic nitrogens is 2. The van der Waals surface area contributed by atoms with Crippen molar-refractivity contribution in [3.05, 3.63) is 57.2 Å². The number of alkyl halides is 3. The van der Waals surface area contributed by atoms with Crippen molar-refractivity contribution in [1.82, 2.24) is 9.97 Å². The second kappa shape index (κ2) is 5.57. The van der Waals surface area contributed by atoms with Crippen LogP contribution >= 0.6 is 11.6 Å². The van der Waals surface area contributed by atoms with Crippen molar-refractivity contribution in [2.45, 2.75) is 6.18 Å². The average molecular weight is 318 g/mol. The molecule has 5 nitrogen and oxygen atoms in total. The Balaban J connectivity index is 2.26. The molecule has 2 N–H and O–H groups in total. The molecule has 0 fully saturated rings. The zero-order valence-electron chi connectivity index (χ0n) is 10.2. The van der Waals surface area contributed by atoms with Crippen LogP contribution in [0.5, 0.6) is 0 Å². The number of amides is 1. The molecule has 0 aliphatic carbocycles. The fraction of sp³-hybridized carbons (Fsp3) is 0.0833. The van der Waals surface area contributed by atoms with Crippen molar-refractivity contribution >= 4 is 23.2 Å². The first kappa shape index (κ1) is 15.0. The van der Waals surface area contributed by atoms with Crippen LogP contribution in [0, 0.1) is 0 Å². The summed E-state index contributed by atoms with van der Waals surface area (Å²) in [6.07, 6.45) is -2.69. The van der Waals surface area contributed by atoms with E-state index in [-0.39, 0.29) is 11.4 Å². The normalized spacial score (nSPS) is 11.2. The molecule has 9 heteroatoms. The molecule has 0 atom stereocenters. The monoisotopic (exact) mass is 317 g/mol. The molecule has 0 spiro atoms. The number of carbonyl (C=O) groups is 1. The second-order valence-corrected chi connectivity index (χ2v) is 4.35. The molecule has 0 unspecified atom stereocenters. The zero-order chi connectivity index (χ0) is 15.6.